The molecule has 0 saturated carbocycles. The van der Waals surface area contributed by atoms with Gasteiger partial charge in [0.15, 0.2) is 0 Å². The first-order valence-corrected chi connectivity index (χ1v) is 6.47. The maximum atomic E-state index is 13.4. The molecule has 0 unspecified atom stereocenters. The molecule has 0 aliphatic rings. The summed E-state index contributed by atoms with van der Waals surface area (Å²) in [5, 5.41) is 3.16. The summed E-state index contributed by atoms with van der Waals surface area (Å²) in [6.07, 6.45) is 0.812. The Morgan fingerprint density at radius 1 is 1.17 bits per heavy atom. The van der Waals surface area contributed by atoms with Crippen molar-refractivity contribution in [2.45, 2.75) is 26.8 Å². The molecule has 102 valence electrons. The zero-order valence-electron chi connectivity index (χ0n) is 11.2. The molecule has 1 rings (SSSR count). The van der Waals surface area contributed by atoms with Crippen LogP contribution in [0.5, 0.6) is 5.75 Å². The van der Waals surface area contributed by atoms with Crippen LogP contribution in [-0.4, -0.2) is 26.4 Å². The van der Waals surface area contributed by atoms with Crippen LogP contribution in [0.1, 0.15) is 25.8 Å². The van der Waals surface area contributed by atoms with Gasteiger partial charge < -0.3 is 14.8 Å². The normalized spacial score (nSPS) is 10.6. The van der Waals surface area contributed by atoms with E-state index in [1.54, 1.807) is 0 Å². The zero-order chi connectivity index (χ0) is 13.2. The largest absolute Gasteiger partial charge is 0.493 e. The van der Waals surface area contributed by atoms with E-state index in [0.29, 0.717) is 32.1 Å². The molecular formula is C14H22FNO2. The first-order valence-electron chi connectivity index (χ1n) is 6.47. The summed E-state index contributed by atoms with van der Waals surface area (Å²) in [6, 6.07) is 4.80. The average molecular weight is 255 g/mol. The lowest BCUT2D eigenvalue weighted by Crippen LogP contribution is -2.12. The Balaban J connectivity index is 2.41. The summed E-state index contributed by atoms with van der Waals surface area (Å²) in [7, 11) is 0. The third-order valence-electron chi connectivity index (χ3n) is 2.42. The van der Waals surface area contributed by atoms with Crippen LogP contribution in [0.3, 0.4) is 0 Å². The van der Waals surface area contributed by atoms with Gasteiger partial charge in [-0.3, -0.25) is 0 Å². The highest BCUT2D eigenvalue weighted by Gasteiger charge is 2.01. The van der Waals surface area contributed by atoms with Gasteiger partial charge in [-0.25, -0.2) is 4.39 Å². The van der Waals surface area contributed by atoms with Crippen LogP contribution >= 0.6 is 0 Å². The molecule has 0 bridgehead atoms. The fourth-order valence-corrected chi connectivity index (χ4v) is 1.57. The van der Waals surface area contributed by atoms with E-state index in [-0.39, 0.29) is 5.82 Å². The van der Waals surface area contributed by atoms with Crippen molar-refractivity contribution < 1.29 is 13.9 Å². The Labute approximate surface area is 108 Å². The number of hydrogen-bond acceptors (Lipinski definition) is 3. The molecule has 0 saturated heterocycles. The zero-order valence-corrected chi connectivity index (χ0v) is 11.2. The van der Waals surface area contributed by atoms with E-state index >= 15 is 0 Å². The van der Waals surface area contributed by atoms with E-state index in [9.17, 15) is 4.39 Å². The van der Waals surface area contributed by atoms with Crippen LogP contribution in [0.15, 0.2) is 18.2 Å². The maximum absolute atomic E-state index is 13.4. The molecule has 0 aromatic heterocycles. The molecular weight excluding hydrogens is 233 g/mol. The van der Waals surface area contributed by atoms with E-state index in [2.05, 4.69) is 5.32 Å². The van der Waals surface area contributed by atoms with Gasteiger partial charge >= 0.3 is 0 Å². The van der Waals surface area contributed by atoms with Gasteiger partial charge in [0.05, 0.1) is 6.61 Å². The molecule has 0 fully saturated rings. The average Bonchev–Trinajstić information content (AvgIpc) is 2.35. The van der Waals surface area contributed by atoms with Crippen molar-refractivity contribution in [2.24, 2.45) is 0 Å². The third kappa shape index (κ3) is 5.98. The Kier molecular flexibility index (Phi) is 7.37. The number of benzene rings is 1. The Hall–Kier alpha value is -1.13. The van der Waals surface area contributed by atoms with Gasteiger partial charge in [-0.2, -0.15) is 0 Å². The summed E-state index contributed by atoms with van der Waals surface area (Å²) in [5.74, 6) is 0.324. The fraction of sp³-hybridized carbons (Fsp3) is 0.571. The predicted octanol–water partition coefficient (Wildman–Crippen LogP) is 2.74. The van der Waals surface area contributed by atoms with Crippen molar-refractivity contribution in [1.82, 2.24) is 5.32 Å². The highest BCUT2D eigenvalue weighted by atomic mass is 19.1. The molecule has 1 aromatic carbocycles. The second kappa shape index (κ2) is 8.89. The highest BCUT2D eigenvalue weighted by Crippen LogP contribution is 2.16. The predicted molar refractivity (Wildman–Crippen MR) is 70.4 cm³/mol. The van der Waals surface area contributed by atoms with Crippen LogP contribution < -0.4 is 10.1 Å². The number of rotatable bonds is 9. The lowest BCUT2D eigenvalue weighted by Gasteiger charge is -2.09. The first kappa shape index (κ1) is 14.9. The molecule has 1 N–H and O–H groups in total. The van der Waals surface area contributed by atoms with E-state index < -0.39 is 0 Å². The van der Waals surface area contributed by atoms with Crippen molar-refractivity contribution in [3.05, 3.63) is 29.6 Å². The van der Waals surface area contributed by atoms with Gasteiger partial charge in [-0.1, -0.05) is 6.92 Å². The minimum absolute atomic E-state index is 0.259. The summed E-state index contributed by atoms with van der Waals surface area (Å²) in [5.41, 5.74) is 0.900. The Morgan fingerprint density at radius 3 is 2.72 bits per heavy atom. The molecule has 1 aromatic rings. The van der Waals surface area contributed by atoms with Crippen molar-refractivity contribution in [3.8, 4) is 5.75 Å². The topological polar surface area (TPSA) is 30.5 Å². The van der Waals surface area contributed by atoms with Gasteiger partial charge in [0.2, 0.25) is 0 Å². The van der Waals surface area contributed by atoms with Crippen molar-refractivity contribution in [1.29, 1.82) is 0 Å². The minimum atomic E-state index is -0.259. The molecule has 18 heavy (non-hydrogen) atoms. The van der Waals surface area contributed by atoms with E-state index in [1.165, 1.54) is 12.1 Å². The summed E-state index contributed by atoms with van der Waals surface area (Å²) >= 11 is 0. The molecule has 3 nitrogen and oxygen atoms in total. The van der Waals surface area contributed by atoms with Gasteiger partial charge in [0.1, 0.15) is 11.6 Å². The van der Waals surface area contributed by atoms with Gasteiger partial charge in [0.25, 0.3) is 0 Å². The molecule has 0 aliphatic carbocycles. The molecule has 0 amide bonds. The number of ether oxygens (including phenoxy) is 2. The lowest BCUT2D eigenvalue weighted by atomic mass is 10.2. The van der Waals surface area contributed by atoms with Crippen LogP contribution in [-0.2, 0) is 11.3 Å². The summed E-state index contributed by atoms with van der Waals surface area (Å²) in [4.78, 5) is 0. The second-order valence-corrected chi connectivity index (χ2v) is 3.97. The van der Waals surface area contributed by atoms with Gasteiger partial charge in [-0.15, -0.1) is 0 Å². The number of hydrogen-bond donors (Lipinski definition) is 1. The minimum Gasteiger partial charge on any atom is -0.493 e. The van der Waals surface area contributed by atoms with E-state index in [0.717, 1.165) is 18.5 Å². The standard InChI is InChI=1S/C14H22FNO2/c1-3-16-11-12-8-13(15)10-14(9-12)18-7-5-6-17-4-2/h8-10,16H,3-7,11H2,1-2H3. The van der Waals surface area contributed by atoms with E-state index in [1.807, 2.05) is 19.9 Å². The van der Waals surface area contributed by atoms with Crippen LogP contribution in [0.25, 0.3) is 0 Å². The molecule has 4 heteroatoms. The van der Waals surface area contributed by atoms with Crippen molar-refractivity contribution in [2.75, 3.05) is 26.4 Å². The number of halogens is 1. The number of nitrogens with one attached hydrogen (secondary N) is 1. The maximum Gasteiger partial charge on any atom is 0.127 e. The van der Waals surface area contributed by atoms with Gasteiger partial charge in [0, 0.05) is 32.2 Å². The first-order chi connectivity index (χ1) is 8.76. The third-order valence-corrected chi connectivity index (χ3v) is 2.42. The Morgan fingerprint density at radius 2 is 2.00 bits per heavy atom. The molecule has 0 atom stereocenters. The quantitative estimate of drug-likeness (QED) is 0.688. The van der Waals surface area contributed by atoms with Crippen LogP contribution in [0.4, 0.5) is 4.39 Å². The lowest BCUT2D eigenvalue weighted by molar-refractivity contribution is 0.131. The monoisotopic (exact) mass is 255 g/mol. The van der Waals surface area contributed by atoms with Crippen molar-refractivity contribution >= 4 is 0 Å². The summed E-state index contributed by atoms with van der Waals surface area (Å²) in [6.45, 7) is 7.43. The summed E-state index contributed by atoms with van der Waals surface area (Å²) < 4.78 is 24.1. The van der Waals surface area contributed by atoms with Crippen molar-refractivity contribution in [3.63, 3.8) is 0 Å². The van der Waals surface area contributed by atoms with Crippen LogP contribution in [0.2, 0.25) is 0 Å². The van der Waals surface area contributed by atoms with Crippen LogP contribution in [0, 0.1) is 5.82 Å². The van der Waals surface area contributed by atoms with E-state index in [4.69, 9.17) is 9.47 Å². The smallest absolute Gasteiger partial charge is 0.127 e. The Bertz CT molecular complexity index is 345. The second-order valence-electron chi connectivity index (χ2n) is 3.97. The highest BCUT2D eigenvalue weighted by molar-refractivity contribution is 5.29. The molecule has 0 spiro atoms. The molecule has 0 heterocycles. The molecule has 0 aliphatic heterocycles. The fourth-order valence-electron chi connectivity index (χ4n) is 1.57. The van der Waals surface area contributed by atoms with Gasteiger partial charge in [-0.05, 0) is 31.2 Å². The molecule has 0 radical (unpaired) electrons. The SMILES string of the molecule is CCNCc1cc(F)cc(OCCCOCC)c1.